The molecule has 0 bridgehead atoms. The zero-order valence-electron chi connectivity index (χ0n) is 14.5. The molecular formula is C19H13F3N4OS. The van der Waals surface area contributed by atoms with Crippen molar-refractivity contribution in [3.63, 3.8) is 0 Å². The molecule has 1 N–H and O–H groups in total. The Kier molecular flexibility index (Phi) is 4.60. The average molecular weight is 402 g/mol. The molecule has 0 aliphatic carbocycles. The Labute approximate surface area is 161 Å². The second-order valence-corrected chi connectivity index (χ2v) is 7.14. The van der Waals surface area contributed by atoms with Crippen LogP contribution in [-0.2, 0) is 6.54 Å². The van der Waals surface area contributed by atoms with E-state index in [1.807, 2.05) is 17.5 Å². The number of thiophene rings is 1. The molecule has 142 valence electrons. The number of hydrogen-bond donors (Lipinski definition) is 1. The molecule has 5 nitrogen and oxygen atoms in total. The topological polar surface area (TPSA) is 59.8 Å². The number of pyridine rings is 1. The van der Waals surface area contributed by atoms with Gasteiger partial charge in [0.15, 0.2) is 23.1 Å². The number of anilines is 1. The Balaban J connectivity index is 1.71. The molecule has 9 heteroatoms. The first-order valence-electron chi connectivity index (χ1n) is 8.24. The van der Waals surface area contributed by atoms with Gasteiger partial charge in [-0.1, -0.05) is 6.07 Å². The third kappa shape index (κ3) is 3.24. The molecule has 4 rings (SSSR count). The molecule has 0 radical (unpaired) electrons. The van der Waals surface area contributed by atoms with E-state index in [0.717, 1.165) is 17.0 Å². The van der Waals surface area contributed by atoms with E-state index in [1.165, 1.54) is 12.3 Å². The quantitative estimate of drug-likeness (QED) is 0.511. The number of carbonyl (C=O) groups excluding carboxylic acids is 1. The zero-order chi connectivity index (χ0) is 19.8. The fraction of sp³-hybridized carbons (Fsp3) is 0.105. The monoisotopic (exact) mass is 402 g/mol. The van der Waals surface area contributed by atoms with Crippen molar-refractivity contribution in [2.45, 2.75) is 13.5 Å². The molecule has 0 atom stereocenters. The fourth-order valence-corrected chi connectivity index (χ4v) is 3.52. The van der Waals surface area contributed by atoms with E-state index >= 15 is 0 Å². The Bertz CT molecular complexity index is 1190. The smallest absolute Gasteiger partial charge is 0.256 e. The predicted octanol–water partition coefficient (Wildman–Crippen LogP) is 4.52. The average Bonchev–Trinajstić information content (AvgIpc) is 3.32. The standard InChI is InChI=1S/C19H13F3N4OS/c1-10-7-12(19(27)25-15-5-4-14(20)16(21)17(15)22)13-8-23-26(18(13)24-10)9-11-3-2-6-28-11/h2-8H,9H2,1H3,(H,25,27). The van der Waals surface area contributed by atoms with E-state index < -0.39 is 29.0 Å². The predicted molar refractivity (Wildman–Crippen MR) is 100.0 cm³/mol. The molecule has 4 aromatic rings. The summed E-state index contributed by atoms with van der Waals surface area (Å²) < 4.78 is 42.1. The van der Waals surface area contributed by atoms with E-state index in [1.54, 1.807) is 22.9 Å². The van der Waals surface area contributed by atoms with Crippen molar-refractivity contribution in [2.24, 2.45) is 0 Å². The van der Waals surface area contributed by atoms with Gasteiger partial charge >= 0.3 is 0 Å². The highest BCUT2D eigenvalue weighted by molar-refractivity contribution is 7.09. The maximum atomic E-state index is 13.9. The number of rotatable bonds is 4. The molecule has 3 aromatic heterocycles. The molecular weight excluding hydrogens is 389 g/mol. The van der Waals surface area contributed by atoms with Gasteiger partial charge in [0.2, 0.25) is 0 Å². The van der Waals surface area contributed by atoms with Gasteiger partial charge in [-0.15, -0.1) is 11.3 Å². The van der Waals surface area contributed by atoms with Gasteiger partial charge in [-0.05, 0) is 36.6 Å². The number of carbonyl (C=O) groups is 1. The van der Waals surface area contributed by atoms with Crippen LogP contribution in [0.2, 0.25) is 0 Å². The van der Waals surface area contributed by atoms with E-state index in [2.05, 4.69) is 15.4 Å². The summed E-state index contributed by atoms with van der Waals surface area (Å²) in [6, 6.07) is 7.15. The van der Waals surface area contributed by atoms with Crippen molar-refractivity contribution in [1.82, 2.24) is 14.8 Å². The summed E-state index contributed by atoms with van der Waals surface area (Å²) >= 11 is 1.57. The molecule has 1 amide bonds. The van der Waals surface area contributed by atoms with Crippen LogP contribution in [0, 0.1) is 24.4 Å². The van der Waals surface area contributed by atoms with E-state index in [0.29, 0.717) is 23.3 Å². The Morgan fingerprint density at radius 1 is 1.21 bits per heavy atom. The van der Waals surface area contributed by atoms with Gasteiger partial charge in [0.25, 0.3) is 5.91 Å². The van der Waals surface area contributed by atoms with Crippen LogP contribution < -0.4 is 5.32 Å². The fourth-order valence-electron chi connectivity index (χ4n) is 2.84. The van der Waals surface area contributed by atoms with Gasteiger partial charge in [-0.2, -0.15) is 5.10 Å². The van der Waals surface area contributed by atoms with Crippen LogP contribution in [0.4, 0.5) is 18.9 Å². The summed E-state index contributed by atoms with van der Waals surface area (Å²) in [6.07, 6.45) is 1.51. The Morgan fingerprint density at radius 2 is 2.04 bits per heavy atom. The first-order valence-corrected chi connectivity index (χ1v) is 9.12. The number of hydrogen-bond acceptors (Lipinski definition) is 4. The lowest BCUT2D eigenvalue weighted by Gasteiger charge is -2.09. The number of aryl methyl sites for hydroxylation is 1. The van der Waals surface area contributed by atoms with E-state index in [4.69, 9.17) is 0 Å². The van der Waals surface area contributed by atoms with Crippen LogP contribution in [0.3, 0.4) is 0 Å². The van der Waals surface area contributed by atoms with Crippen molar-refractivity contribution in [1.29, 1.82) is 0 Å². The van der Waals surface area contributed by atoms with Crippen LogP contribution in [0.15, 0.2) is 41.9 Å². The third-order valence-electron chi connectivity index (χ3n) is 4.15. The van der Waals surface area contributed by atoms with Crippen LogP contribution >= 0.6 is 11.3 Å². The minimum Gasteiger partial charge on any atom is -0.319 e. The first kappa shape index (κ1) is 18.2. The highest BCUT2D eigenvalue weighted by Crippen LogP contribution is 2.24. The SMILES string of the molecule is Cc1cc(C(=O)Nc2ccc(F)c(F)c2F)c2cnn(Cc3cccs3)c2n1. The molecule has 0 spiro atoms. The molecule has 3 heterocycles. The number of nitrogens with one attached hydrogen (secondary N) is 1. The van der Waals surface area contributed by atoms with Crippen molar-refractivity contribution >= 4 is 34.0 Å². The molecule has 28 heavy (non-hydrogen) atoms. The summed E-state index contributed by atoms with van der Waals surface area (Å²) in [4.78, 5) is 18.2. The summed E-state index contributed by atoms with van der Waals surface area (Å²) in [5.74, 6) is -5.09. The second-order valence-electron chi connectivity index (χ2n) is 6.11. The maximum absolute atomic E-state index is 13.9. The number of amides is 1. The molecule has 0 fully saturated rings. The Morgan fingerprint density at radius 3 is 2.79 bits per heavy atom. The van der Waals surface area contributed by atoms with Gasteiger partial charge in [0.05, 0.1) is 29.4 Å². The van der Waals surface area contributed by atoms with E-state index in [-0.39, 0.29) is 5.56 Å². The van der Waals surface area contributed by atoms with E-state index in [9.17, 15) is 18.0 Å². The minimum atomic E-state index is -1.64. The van der Waals surface area contributed by atoms with Gasteiger partial charge < -0.3 is 5.32 Å². The lowest BCUT2D eigenvalue weighted by atomic mass is 10.1. The number of benzene rings is 1. The van der Waals surface area contributed by atoms with Crippen LogP contribution in [0.1, 0.15) is 20.9 Å². The highest BCUT2D eigenvalue weighted by Gasteiger charge is 2.19. The number of fused-ring (bicyclic) bond motifs is 1. The van der Waals surface area contributed by atoms with Gasteiger partial charge in [0.1, 0.15) is 0 Å². The van der Waals surface area contributed by atoms with Crippen molar-refractivity contribution in [3.05, 3.63) is 75.5 Å². The van der Waals surface area contributed by atoms with Gasteiger partial charge in [0, 0.05) is 10.6 Å². The summed E-state index contributed by atoms with van der Waals surface area (Å²) in [5, 5.41) is 9.02. The normalized spacial score (nSPS) is 11.1. The number of aromatic nitrogens is 3. The maximum Gasteiger partial charge on any atom is 0.256 e. The second kappa shape index (κ2) is 7.08. The summed E-state index contributed by atoms with van der Waals surface area (Å²) in [7, 11) is 0. The first-order chi connectivity index (χ1) is 13.4. The third-order valence-corrected chi connectivity index (χ3v) is 5.01. The molecule has 0 aliphatic heterocycles. The molecule has 0 aliphatic rings. The zero-order valence-corrected chi connectivity index (χ0v) is 15.4. The van der Waals surface area contributed by atoms with Crippen LogP contribution in [0.25, 0.3) is 11.0 Å². The van der Waals surface area contributed by atoms with Crippen molar-refractivity contribution in [2.75, 3.05) is 5.32 Å². The van der Waals surface area contributed by atoms with Crippen molar-refractivity contribution in [3.8, 4) is 0 Å². The number of nitrogens with zero attached hydrogens (tertiary/aromatic N) is 3. The van der Waals surface area contributed by atoms with Gasteiger partial charge in [-0.25, -0.2) is 22.8 Å². The van der Waals surface area contributed by atoms with Crippen molar-refractivity contribution < 1.29 is 18.0 Å². The Hall–Kier alpha value is -3.20. The largest absolute Gasteiger partial charge is 0.319 e. The summed E-state index contributed by atoms with van der Waals surface area (Å²) in [6.45, 7) is 2.22. The minimum absolute atomic E-state index is 0.212. The highest BCUT2D eigenvalue weighted by atomic mass is 32.1. The molecule has 0 unspecified atom stereocenters. The molecule has 0 saturated heterocycles. The van der Waals surface area contributed by atoms with Crippen LogP contribution in [-0.4, -0.2) is 20.7 Å². The summed E-state index contributed by atoms with van der Waals surface area (Å²) in [5.41, 5.74) is 0.835. The van der Waals surface area contributed by atoms with Crippen LogP contribution in [0.5, 0.6) is 0 Å². The lowest BCUT2D eigenvalue weighted by Crippen LogP contribution is -2.15. The molecule has 1 aromatic carbocycles. The van der Waals surface area contributed by atoms with Gasteiger partial charge in [-0.3, -0.25) is 4.79 Å². The lowest BCUT2D eigenvalue weighted by molar-refractivity contribution is 0.102. The number of halogens is 3. The molecule has 0 saturated carbocycles.